The smallest absolute Gasteiger partial charge is 0.269 e. The minimum atomic E-state index is 0.798. The molecule has 0 unspecified atom stereocenters. The molecule has 0 aliphatic rings. The maximum absolute atomic E-state index is 5.73. The fourth-order valence-corrected chi connectivity index (χ4v) is 6.47. The van der Waals surface area contributed by atoms with Gasteiger partial charge in [0, 0.05) is 17.0 Å². The van der Waals surface area contributed by atoms with Crippen molar-refractivity contribution < 1.29 is 8.98 Å². The van der Waals surface area contributed by atoms with Crippen LogP contribution in [0.4, 0.5) is 0 Å². The highest BCUT2D eigenvalue weighted by Gasteiger charge is 2.17. The molecule has 9 rings (SSSR count). The Hall–Kier alpha value is -5.94. The van der Waals surface area contributed by atoms with Crippen molar-refractivity contribution in [2.24, 2.45) is 0 Å². The van der Waals surface area contributed by atoms with Crippen LogP contribution < -0.4 is 4.57 Å². The van der Waals surface area contributed by atoms with E-state index in [1.807, 2.05) is 24.4 Å². The van der Waals surface area contributed by atoms with E-state index in [0.717, 1.165) is 56.6 Å². The van der Waals surface area contributed by atoms with Crippen molar-refractivity contribution in [1.82, 2.24) is 14.1 Å². The Morgan fingerprint density at radius 1 is 0.636 bits per heavy atom. The minimum absolute atomic E-state index is 0.798. The van der Waals surface area contributed by atoms with Crippen molar-refractivity contribution in [3.63, 3.8) is 0 Å². The maximum Gasteiger partial charge on any atom is 0.269 e. The van der Waals surface area contributed by atoms with E-state index < -0.39 is 0 Å². The average Bonchev–Trinajstić information content (AvgIpc) is 3.80. The van der Waals surface area contributed by atoms with Gasteiger partial charge in [-0.1, -0.05) is 84.9 Å². The molecule has 9 aromatic rings. The second kappa shape index (κ2) is 9.82. The predicted molar refractivity (Wildman–Crippen MR) is 175 cm³/mol. The zero-order valence-corrected chi connectivity index (χ0v) is 23.8. The van der Waals surface area contributed by atoms with Gasteiger partial charge in [-0.2, -0.15) is 0 Å². The number of pyridine rings is 1. The van der Waals surface area contributed by atoms with Gasteiger partial charge in [0.1, 0.15) is 11.4 Å². The first kappa shape index (κ1) is 24.6. The molecule has 4 heterocycles. The Morgan fingerprint density at radius 3 is 2.36 bits per heavy atom. The van der Waals surface area contributed by atoms with E-state index in [2.05, 4.69) is 135 Å². The molecular weight excluding hydrogens is 540 g/mol. The number of rotatable bonds is 5. The van der Waals surface area contributed by atoms with Gasteiger partial charge in [0.2, 0.25) is 0 Å². The third-order valence-electron chi connectivity index (χ3n) is 8.46. The van der Waals surface area contributed by atoms with Crippen molar-refractivity contribution in [3.8, 4) is 17.2 Å². The largest absolute Gasteiger partial charge is 0.464 e. The fraction of sp³-hybridized carbons (Fsp3) is 0.0256. The molecule has 0 fully saturated rings. The van der Waals surface area contributed by atoms with Crippen molar-refractivity contribution in [2.75, 3.05) is 0 Å². The monoisotopic (exact) mass is 566 g/mol. The number of furan rings is 1. The molecule has 0 saturated heterocycles. The molecule has 5 heteroatoms. The lowest BCUT2D eigenvalue weighted by Gasteiger charge is -2.10. The van der Waals surface area contributed by atoms with Gasteiger partial charge in [0.15, 0.2) is 0 Å². The topological polar surface area (TPSA) is 39.8 Å². The van der Waals surface area contributed by atoms with E-state index in [9.17, 15) is 0 Å². The molecule has 44 heavy (non-hydrogen) atoms. The van der Waals surface area contributed by atoms with Gasteiger partial charge in [-0.15, -0.1) is 0 Å². The van der Waals surface area contributed by atoms with Crippen LogP contribution in [0.1, 0.15) is 11.1 Å². The molecule has 0 spiro atoms. The minimum Gasteiger partial charge on any atom is -0.464 e. The molecule has 0 atom stereocenters. The summed E-state index contributed by atoms with van der Waals surface area (Å²) >= 11 is 0. The van der Waals surface area contributed by atoms with Crippen LogP contribution >= 0.6 is 0 Å². The number of hydrogen-bond donors (Lipinski definition) is 0. The van der Waals surface area contributed by atoms with Crippen LogP contribution in [0.15, 0.2) is 150 Å². The Morgan fingerprint density at radius 2 is 1.43 bits per heavy atom. The zero-order valence-electron chi connectivity index (χ0n) is 23.8. The Bertz CT molecular complexity index is 2480. The SMILES string of the molecule is [c-]1n(-c2cccc(Cc3ccc4c5ccccc5n(-c5nccc6occc56)c4c3)c2)c2ccccc2[n+]1-c1ccccc1. The van der Waals surface area contributed by atoms with Crippen molar-refractivity contribution >= 4 is 43.8 Å². The summed E-state index contributed by atoms with van der Waals surface area (Å²) in [6.45, 7) is 0. The fourth-order valence-electron chi connectivity index (χ4n) is 6.47. The Kier molecular flexibility index (Phi) is 5.50. The quantitative estimate of drug-likeness (QED) is 0.155. The lowest BCUT2D eigenvalue weighted by Crippen LogP contribution is -2.29. The van der Waals surface area contributed by atoms with Gasteiger partial charge in [0.05, 0.1) is 45.1 Å². The van der Waals surface area contributed by atoms with Gasteiger partial charge < -0.3 is 4.42 Å². The molecule has 208 valence electrons. The summed E-state index contributed by atoms with van der Waals surface area (Å²) in [4.78, 5) is 4.82. The number of aromatic nitrogens is 4. The summed E-state index contributed by atoms with van der Waals surface area (Å²) < 4.78 is 12.3. The van der Waals surface area contributed by atoms with Gasteiger partial charge in [-0.25, -0.2) is 4.98 Å². The predicted octanol–water partition coefficient (Wildman–Crippen LogP) is 8.54. The second-order valence-corrected chi connectivity index (χ2v) is 11.1. The van der Waals surface area contributed by atoms with Crippen molar-refractivity contribution in [1.29, 1.82) is 0 Å². The van der Waals surface area contributed by atoms with Crippen molar-refractivity contribution in [2.45, 2.75) is 6.42 Å². The summed E-state index contributed by atoms with van der Waals surface area (Å²) in [5.74, 6) is 0.878. The lowest BCUT2D eigenvalue weighted by atomic mass is 10.0. The van der Waals surface area contributed by atoms with E-state index in [4.69, 9.17) is 9.40 Å². The first-order valence-corrected chi connectivity index (χ1v) is 14.8. The van der Waals surface area contributed by atoms with Crippen molar-refractivity contribution in [3.05, 3.63) is 163 Å². The van der Waals surface area contributed by atoms with Crippen LogP contribution in [0.5, 0.6) is 0 Å². The molecule has 0 amide bonds. The number of imidazole rings is 1. The van der Waals surface area contributed by atoms with Gasteiger partial charge in [0.25, 0.3) is 6.33 Å². The van der Waals surface area contributed by atoms with E-state index in [1.165, 1.54) is 21.9 Å². The highest BCUT2D eigenvalue weighted by atomic mass is 16.3. The Labute approximate surface area is 253 Å². The molecule has 0 bridgehead atoms. The molecule has 0 radical (unpaired) electrons. The molecule has 5 nitrogen and oxygen atoms in total. The third kappa shape index (κ3) is 3.87. The van der Waals surface area contributed by atoms with Crippen LogP contribution in [-0.4, -0.2) is 14.1 Å². The van der Waals surface area contributed by atoms with Gasteiger partial charge >= 0.3 is 0 Å². The average molecular weight is 567 g/mol. The second-order valence-electron chi connectivity index (χ2n) is 11.1. The third-order valence-corrected chi connectivity index (χ3v) is 8.46. The molecule has 5 aromatic carbocycles. The molecule has 0 aliphatic heterocycles. The van der Waals surface area contributed by atoms with E-state index in [0.29, 0.717) is 0 Å². The van der Waals surface area contributed by atoms with Gasteiger partial charge in [-0.3, -0.25) is 13.7 Å². The number of nitrogens with zero attached hydrogens (tertiary/aromatic N) is 4. The first-order valence-electron chi connectivity index (χ1n) is 14.8. The number of para-hydroxylation sites is 4. The van der Waals surface area contributed by atoms with Crippen LogP contribution in [0.3, 0.4) is 0 Å². The van der Waals surface area contributed by atoms with Crippen LogP contribution in [0, 0.1) is 6.33 Å². The molecular formula is C39H26N4O. The van der Waals surface area contributed by atoms with Crippen LogP contribution in [0.25, 0.3) is 61.0 Å². The summed E-state index contributed by atoms with van der Waals surface area (Å²) in [7, 11) is 0. The maximum atomic E-state index is 5.73. The van der Waals surface area contributed by atoms with Crippen LogP contribution in [0.2, 0.25) is 0 Å². The molecule has 0 saturated carbocycles. The number of benzene rings is 5. The highest BCUT2D eigenvalue weighted by Crippen LogP contribution is 2.35. The summed E-state index contributed by atoms with van der Waals surface area (Å²) in [5, 5.41) is 3.41. The van der Waals surface area contributed by atoms with E-state index >= 15 is 0 Å². The standard InChI is InChI=1S/C39H26N4O/c1-2-10-29(11-3-1)41-26-42(36-16-7-6-15-35(36)41)30-12-8-9-27(24-30)23-28-17-18-32-31-13-4-5-14-34(31)43(37(32)25-28)39-33-20-22-44-38(33)19-21-40-39/h1-22,24-25H,23H2. The summed E-state index contributed by atoms with van der Waals surface area (Å²) in [5.41, 5.74) is 9.96. The Balaban J connectivity index is 1.15. The first-order chi connectivity index (χ1) is 21.8. The number of hydrogen-bond acceptors (Lipinski definition) is 2. The molecule has 0 N–H and O–H groups in total. The van der Waals surface area contributed by atoms with E-state index in [-0.39, 0.29) is 0 Å². The molecule has 0 aliphatic carbocycles. The lowest BCUT2D eigenvalue weighted by molar-refractivity contribution is -0.572. The zero-order chi connectivity index (χ0) is 29.0. The highest BCUT2D eigenvalue weighted by molar-refractivity contribution is 6.10. The summed E-state index contributed by atoms with van der Waals surface area (Å²) in [6.07, 6.45) is 7.96. The number of fused-ring (bicyclic) bond motifs is 5. The molecule has 4 aromatic heterocycles. The summed E-state index contributed by atoms with van der Waals surface area (Å²) in [6, 6.07) is 46.9. The van der Waals surface area contributed by atoms with E-state index in [1.54, 1.807) is 6.26 Å². The normalized spacial score (nSPS) is 11.7. The van der Waals surface area contributed by atoms with Gasteiger partial charge in [-0.05, 0) is 66.1 Å². The van der Waals surface area contributed by atoms with Crippen LogP contribution in [-0.2, 0) is 6.42 Å².